The summed E-state index contributed by atoms with van der Waals surface area (Å²) >= 11 is 5.87. The number of nitrogens with zero attached hydrogens (tertiary/aromatic N) is 1. The van der Waals surface area contributed by atoms with Crippen LogP contribution in [0.25, 0.3) is 11.6 Å². The van der Waals surface area contributed by atoms with E-state index in [2.05, 4.69) is 4.98 Å². The second-order valence-corrected chi connectivity index (χ2v) is 4.62. The standard InChI is InChI=1S/C14H10ClFN2/c15-13-5-4-12(17)14(18-13)9-6-8-2-1-3-11(16)10(8)7-9/h1-5,7H,6,17H2. The van der Waals surface area contributed by atoms with E-state index in [1.807, 2.05) is 6.07 Å². The molecule has 1 aromatic heterocycles. The Labute approximate surface area is 109 Å². The Kier molecular flexibility index (Phi) is 2.56. The zero-order valence-corrected chi connectivity index (χ0v) is 10.2. The Hall–Kier alpha value is -1.87. The minimum absolute atomic E-state index is 0.219. The fraction of sp³-hybridized carbons (Fsp3) is 0.0714. The van der Waals surface area contributed by atoms with Crippen molar-refractivity contribution in [1.29, 1.82) is 0 Å². The molecule has 0 aliphatic heterocycles. The Morgan fingerprint density at radius 2 is 2.06 bits per heavy atom. The fourth-order valence-corrected chi connectivity index (χ4v) is 2.33. The van der Waals surface area contributed by atoms with Gasteiger partial charge in [-0.05, 0) is 35.4 Å². The predicted molar refractivity (Wildman–Crippen MR) is 71.6 cm³/mol. The average Bonchev–Trinajstić information content (AvgIpc) is 2.77. The number of aromatic nitrogens is 1. The molecule has 2 nitrogen and oxygen atoms in total. The maximum absolute atomic E-state index is 13.6. The first kappa shape index (κ1) is 11.2. The van der Waals surface area contributed by atoms with Gasteiger partial charge in [0.1, 0.15) is 11.0 Å². The van der Waals surface area contributed by atoms with Gasteiger partial charge in [0.2, 0.25) is 0 Å². The van der Waals surface area contributed by atoms with E-state index in [0.29, 0.717) is 28.5 Å². The van der Waals surface area contributed by atoms with Crippen molar-refractivity contribution in [2.24, 2.45) is 0 Å². The van der Waals surface area contributed by atoms with Crippen LogP contribution in [0.3, 0.4) is 0 Å². The Morgan fingerprint density at radius 1 is 1.22 bits per heavy atom. The van der Waals surface area contributed by atoms with Crippen LogP contribution in [0.1, 0.15) is 16.8 Å². The second kappa shape index (κ2) is 4.10. The lowest BCUT2D eigenvalue weighted by Crippen LogP contribution is -1.97. The van der Waals surface area contributed by atoms with E-state index in [0.717, 1.165) is 11.1 Å². The molecule has 2 N–H and O–H groups in total. The van der Waals surface area contributed by atoms with Crippen molar-refractivity contribution in [1.82, 2.24) is 4.98 Å². The van der Waals surface area contributed by atoms with Gasteiger partial charge in [-0.15, -0.1) is 0 Å². The summed E-state index contributed by atoms with van der Waals surface area (Å²) in [5.74, 6) is -0.219. The number of rotatable bonds is 1. The number of hydrogen-bond acceptors (Lipinski definition) is 2. The number of pyridine rings is 1. The number of hydrogen-bond donors (Lipinski definition) is 1. The lowest BCUT2D eigenvalue weighted by Gasteiger charge is -2.05. The maximum Gasteiger partial charge on any atom is 0.130 e. The molecule has 0 bridgehead atoms. The number of fused-ring (bicyclic) bond motifs is 1. The minimum Gasteiger partial charge on any atom is -0.397 e. The van der Waals surface area contributed by atoms with E-state index in [-0.39, 0.29) is 5.82 Å². The third-order valence-electron chi connectivity index (χ3n) is 3.04. The lowest BCUT2D eigenvalue weighted by molar-refractivity contribution is 0.624. The third-order valence-corrected chi connectivity index (χ3v) is 3.25. The molecule has 0 unspecified atom stereocenters. The van der Waals surface area contributed by atoms with Gasteiger partial charge in [-0.2, -0.15) is 0 Å². The van der Waals surface area contributed by atoms with E-state index in [9.17, 15) is 4.39 Å². The summed E-state index contributed by atoms with van der Waals surface area (Å²) in [4.78, 5) is 4.22. The number of nitrogen functional groups attached to an aromatic ring is 1. The van der Waals surface area contributed by atoms with Crippen LogP contribution in [0, 0.1) is 5.82 Å². The molecule has 90 valence electrons. The molecule has 1 aliphatic rings. The largest absolute Gasteiger partial charge is 0.397 e. The van der Waals surface area contributed by atoms with E-state index in [1.54, 1.807) is 24.3 Å². The van der Waals surface area contributed by atoms with E-state index in [4.69, 9.17) is 17.3 Å². The van der Waals surface area contributed by atoms with Crippen LogP contribution in [-0.4, -0.2) is 4.98 Å². The Morgan fingerprint density at radius 3 is 2.83 bits per heavy atom. The van der Waals surface area contributed by atoms with Gasteiger partial charge in [0.25, 0.3) is 0 Å². The highest BCUT2D eigenvalue weighted by Crippen LogP contribution is 2.34. The zero-order valence-electron chi connectivity index (χ0n) is 9.45. The molecule has 1 aromatic carbocycles. The fourth-order valence-electron chi connectivity index (χ4n) is 2.18. The Balaban J connectivity index is 2.10. The monoisotopic (exact) mass is 260 g/mol. The first-order chi connectivity index (χ1) is 8.65. The average molecular weight is 261 g/mol. The van der Waals surface area contributed by atoms with Gasteiger partial charge in [-0.3, -0.25) is 0 Å². The summed E-state index contributed by atoms with van der Waals surface area (Å²) in [7, 11) is 0. The first-order valence-corrected chi connectivity index (χ1v) is 5.93. The SMILES string of the molecule is Nc1ccc(Cl)nc1C1=Cc2c(F)cccc2C1. The van der Waals surface area contributed by atoms with Crippen LogP contribution in [-0.2, 0) is 6.42 Å². The van der Waals surface area contributed by atoms with Crippen molar-refractivity contribution in [3.8, 4) is 0 Å². The zero-order chi connectivity index (χ0) is 12.7. The summed E-state index contributed by atoms with van der Waals surface area (Å²) in [5, 5.41) is 0.386. The molecule has 3 rings (SSSR count). The van der Waals surface area contributed by atoms with E-state index < -0.39 is 0 Å². The first-order valence-electron chi connectivity index (χ1n) is 5.55. The molecule has 2 aromatic rings. The Bertz CT molecular complexity index is 665. The molecule has 0 atom stereocenters. The molecule has 0 spiro atoms. The normalized spacial score (nSPS) is 13.3. The molecule has 18 heavy (non-hydrogen) atoms. The van der Waals surface area contributed by atoms with Gasteiger partial charge < -0.3 is 5.73 Å². The van der Waals surface area contributed by atoms with Crippen molar-refractivity contribution >= 4 is 28.9 Å². The third kappa shape index (κ3) is 1.77. The van der Waals surface area contributed by atoms with Crippen molar-refractivity contribution in [3.63, 3.8) is 0 Å². The summed E-state index contributed by atoms with van der Waals surface area (Å²) < 4.78 is 13.6. The van der Waals surface area contributed by atoms with Crippen LogP contribution in [0.4, 0.5) is 10.1 Å². The molecule has 4 heteroatoms. The van der Waals surface area contributed by atoms with Gasteiger partial charge in [-0.25, -0.2) is 9.37 Å². The van der Waals surface area contributed by atoms with Crippen LogP contribution >= 0.6 is 11.6 Å². The van der Waals surface area contributed by atoms with Gasteiger partial charge >= 0.3 is 0 Å². The smallest absolute Gasteiger partial charge is 0.130 e. The number of allylic oxidation sites excluding steroid dienone is 1. The van der Waals surface area contributed by atoms with Gasteiger partial charge in [-0.1, -0.05) is 23.7 Å². The molecule has 1 heterocycles. The molecular weight excluding hydrogens is 251 g/mol. The molecule has 0 fully saturated rings. The molecule has 0 saturated heterocycles. The number of anilines is 1. The van der Waals surface area contributed by atoms with Crippen molar-refractivity contribution < 1.29 is 4.39 Å². The highest BCUT2D eigenvalue weighted by molar-refractivity contribution is 6.29. The van der Waals surface area contributed by atoms with Gasteiger partial charge in [0, 0.05) is 12.0 Å². The lowest BCUT2D eigenvalue weighted by atomic mass is 10.1. The number of nitrogens with two attached hydrogens (primary N) is 1. The molecule has 1 aliphatic carbocycles. The van der Waals surface area contributed by atoms with Crippen molar-refractivity contribution in [3.05, 3.63) is 58.1 Å². The van der Waals surface area contributed by atoms with Crippen molar-refractivity contribution in [2.75, 3.05) is 5.73 Å². The van der Waals surface area contributed by atoms with Crippen molar-refractivity contribution in [2.45, 2.75) is 6.42 Å². The van der Waals surface area contributed by atoms with Crippen LogP contribution < -0.4 is 5.73 Å². The quantitative estimate of drug-likeness (QED) is 0.797. The topological polar surface area (TPSA) is 38.9 Å². The van der Waals surface area contributed by atoms with Crippen LogP contribution in [0.15, 0.2) is 30.3 Å². The summed E-state index contributed by atoms with van der Waals surface area (Å²) in [6.45, 7) is 0. The molecule has 0 saturated carbocycles. The minimum atomic E-state index is -0.219. The van der Waals surface area contributed by atoms with E-state index >= 15 is 0 Å². The second-order valence-electron chi connectivity index (χ2n) is 4.23. The van der Waals surface area contributed by atoms with E-state index in [1.165, 1.54) is 6.07 Å². The van der Waals surface area contributed by atoms with Gasteiger partial charge in [0.15, 0.2) is 0 Å². The number of halogens is 2. The summed E-state index contributed by atoms with van der Waals surface area (Å²) in [6, 6.07) is 8.42. The molecule has 0 amide bonds. The van der Waals surface area contributed by atoms with Gasteiger partial charge in [0.05, 0.1) is 11.4 Å². The number of benzene rings is 1. The summed E-state index contributed by atoms with van der Waals surface area (Å²) in [6.07, 6.45) is 2.42. The highest BCUT2D eigenvalue weighted by atomic mass is 35.5. The highest BCUT2D eigenvalue weighted by Gasteiger charge is 2.19. The maximum atomic E-state index is 13.6. The predicted octanol–water partition coefficient (Wildman–Crippen LogP) is 3.55. The van der Waals surface area contributed by atoms with Crippen LogP contribution in [0.2, 0.25) is 5.15 Å². The molecule has 0 radical (unpaired) electrons. The molecular formula is C14H10ClFN2. The van der Waals surface area contributed by atoms with Crippen LogP contribution in [0.5, 0.6) is 0 Å². The summed E-state index contributed by atoms with van der Waals surface area (Å²) in [5.41, 5.74) is 9.55.